The maximum atomic E-state index is 12.8. The van der Waals surface area contributed by atoms with Crippen LogP contribution in [0.4, 0.5) is 13.2 Å². The first-order valence-electron chi connectivity index (χ1n) is 5.02. The molecule has 0 radical (unpaired) electrons. The third-order valence-electron chi connectivity index (χ3n) is 2.30. The van der Waals surface area contributed by atoms with Crippen molar-refractivity contribution in [3.05, 3.63) is 34.9 Å². The summed E-state index contributed by atoms with van der Waals surface area (Å²) in [6.07, 6.45) is -6.62. The molecule has 1 aromatic rings. The Hall–Kier alpha value is -0.780. The highest BCUT2D eigenvalue weighted by atomic mass is 35.5. The van der Waals surface area contributed by atoms with Gasteiger partial charge in [0.2, 0.25) is 0 Å². The molecule has 2 unspecified atom stereocenters. The normalized spacial score (nSPS) is 21.3. The minimum atomic E-state index is -4.46. The Morgan fingerprint density at radius 1 is 1.47 bits per heavy atom. The van der Waals surface area contributed by atoms with Crippen molar-refractivity contribution in [3.63, 3.8) is 0 Å². The highest BCUT2D eigenvalue weighted by Crippen LogP contribution is 2.37. The zero-order chi connectivity index (χ0) is 12.5. The van der Waals surface area contributed by atoms with Gasteiger partial charge in [0.15, 0.2) is 6.10 Å². The summed E-state index contributed by atoms with van der Waals surface area (Å²) in [4.78, 5) is 0. The molecule has 2 atom stereocenters. The molecule has 2 nitrogen and oxygen atoms in total. The zero-order valence-corrected chi connectivity index (χ0v) is 9.46. The quantitative estimate of drug-likeness (QED) is 0.780. The summed E-state index contributed by atoms with van der Waals surface area (Å²) < 4.78 is 48.1. The van der Waals surface area contributed by atoms with E-state index >= 15 is 0 Å². The van der Waals surface area contributed by atoms with Crippen LogP contribution in [0.3, 0.4) is 0 Å². The Balaban J connectivity index is 2.13. The van der Waals surface area contributed by atoms with Gasteiger partial charge in [0.05, 0.1) is 13.2 Å². The smallest absolute Gasteiger partial charge is 0.371 e. The number of halogens is 4. The monoisotopic (exact) mass is 266 g/mol. The Morgan fingerprint density at radius 2 is 2.18 bits per heavy atom. The fourth-order valence-corrected chi connectivity index (χ4v) is 1.62. The summed E-state index contributed by atoms with van der Waals surface area (Å²) in [5.41, 5.74) is 0.00523. The van der Waals surface area contributed by atoms with Crippen LogP contribution in [0, 0.1) is 0 Å². The van der Waals surface area contributed by atoms with E-state index in [1.165, 1.54) is 24.3 Å². The van der Waals surface area contributed by atoms with Gasteiger partial charge in [-0.25, -0.2) is 0 Å². The Kier molecular flexibility index (Phi) is 3.61. The van der Waals surface area contributed by atoms with E-state index in [1.54, 1.807) is 0 Å². The zero-order valence-electron chi connectivity index (χ0n) is 8.71. The van der Waals surface area contributed by atoms with Crippen LogP contribution < -0.4 is 0 Å². The topological polar surface area (TPSA) is 21.8 Å². The van der Waals surface area contributed by atoms with Gasteiger partial charge in [0.1, 0.15) is 6.10 Å². The molecule has 0 bridgehead atoms. The van der Waals surface area contributed by atoms with Crippen LogP contribution in [0.2, 0.25) is 5.02 Å². The molecule has 0 aromatic heterocycles. The Labute approximate surface area is 101 Å². The molecule has 1 aliphatic rings. The van der Waals surface area contributed by atoms with Gasteiger partial charge in [-0.05, 0) is 17.7 Å². The highest BCUT2D eigenvalue weighted by Gasteiger charge is 2.43. The second kappa shape index (κ2) is 4.84. The van der Waals surface area contributed by atoms with E-state index in [1.807, 2.05) is 0 Å². The number of rotatable bonds is 4. The molecule has 0 saturated carbocycles. The molecule has 1 heterocycles. The maximum Gasteiger partial charge on any atom is 0.418 e. The van der Waals surface area contributed by atoms with Crippen molar-refractivity contribution in [2.45, 2.75) is 18.4 Å². The van der Waals surface area contributed by atoms with Gasteiger partial charge in [-0.15, -0.1) is 0 Å². The average molecular weight is 267 g/mol. The average Bonchev–Trinajstić information content (AvgIpc) is 3.00. The van der Waals surface area contributed by atoms with E-state index in [0.29, 0.717) is 6.61 Å². The molecule has 0 spiro atoms. The standard InChI is InChI=1S/C11H10ClF3O2/c12-8-3-1-2-7(4-8)10(11(13,14)15)17-6-9-5-16-9/h1-4,9-10H,5-6H2. The first kappa shape index (κ1) is 12.7. The molecular weight excluding hydrogens is 257 g/mol. The van der Waals surface area contributed by atoms with Gasteiger partial charge in [-0.2, -0.15) is 13.2 Å². The molecule has 0 amide bonds. The summed E-state index contributed by atoms with van der Waals surface area (Å²) in [5.74, 6) is 0. The second-order valence-electron chi connectivity index (χ2n) is 3.77. The van der Waals surface area contributed by atoms with Crippen LogP contribution in [-0.4, -0.2) is 25.5 Å². The summed E-state index contributed by atoms with van der Waals surface area (Å²) in [6, 6.07) is 5.58. The lowest BCUT2D eigenvalue weighted by atomic mass is 10.1. The number of hydrogen-bond donors (Lipinski definition) is 0. The van der Waals surface area contributed by atoms with Gasteiger partial charge < -0.3 is 9.47 Å². The van der Waals surface area contributed by atoms with Gasteiger partial charge in [0, 0.05) is 5.02 Å². The van der Waals surface area contributed by atoms with Gasteiger partial charge in [-0.1, -0.05) is 23.7 Å². The van der Waals surface area contributed by atoms with Crippen LogP contribution in [0.25, 0.3) is 0 Å². The predicted octanol–water partition coefficient (Wildman–Crippen LogP) is 3.36. The summed E-state index contributed by atoms with van der Waals surface area (Å²) in [7, 11) is 0. The SMILES string of the molecule is FC(F)(F)C(OCC1CO1)c1cccc(Cl)c1. The largest absolute Gasteiger partial charge is 0.418 e. The first-order chi connectivity index (χ1) is 7.97. The third-order valence-corrected chi connectivity index (χ3v) is 2.53. The van der Waals surface area contributed by atoms with Crippen molar-refractivity contribution in [1.82, 2.24) is 0 Å². The number of ether oxygens (including phenoxy) is 2. The van der Waals surface area contributed by atoms with E-state index in [4.69, 9.17) is 21.1 Å². The molecule has 1 saturated heterocycles. The van der Waals surface area contributed by atoms with E-state index in [9.17, 15) is 13.2 Å². The minimum absolute atomic E-state index is 0.00523. The molecule has 0 N–H and O–H groups in total. The Morgan fingerprint density at radius 3 is 2.71 bits per heavy atom. The van der Waals surface area contributed by atoms with Crippen molar-refractivity contribution >= 4 is 11.6 Å². The first-order valence-corrected chi connectivity index (χ1v) is 5.40. The molecule has 94 valence electrons. The van der Waals surface area contributed by atoms with Crippen molar-refractivity contribution in [3.8, 4) is 0 Å². The number of alkyl halides is 3. The number of epoxide rings is 1. The van der Waals surface area contributed by atoms with E-state index < -0.39 is 12.3 Å². The minimum Gasteiger partial charge on any atom is -0.371 e. The van der Waals surface area contributed by atoms with Gasteiger partial charge in [-0.3, -0.25) is 0 Å². The molecule has 1 aliphatic heterocycles. The Bertz CT molecular complexity index is 391. The van der Waals surface area contributed by atoms with Gasteiger partial charge in [0.25, 0.3) is 0 Å². The second-order valence-corrected chi connectivity index (χ2v) is 4.20. The lowest BCUT2D eigenvalue weighted by molar-refractivity contribution is -0.224. The molecule has 0 aliphatic carbocycles. The molecule has 17 heavy (non-hydrogen) atoms. The summed E-state index contributed by atoms with van der Waals surface area (Å²) in [5, 5.41) is 0.253. The van der Waals surface area contributed by atoms with Crippen LogP contribution in [0.5, 0.6) is 0 Å². The molecule has 2 rings (SSSR count). The molecule has 1 aromatic carbocycles. The lowest BCUT2D eigenvalue weighted by Crippen LogP contribution is -2.25. The summed E-state index contributed by atoms with van der Waals surface area (Å²) in [6.45, 7) is 0.400. The fourth-order valence-electron chi connectivity index (χ4n) is 1.42. The van der Waals surface area contributed by atoms with Crippen molar-refractivity contribution < 1.29 is 22.6 Å². The van der Waals surface area contributed by atoms with E-state index in [-0.39, 0.29) is 23.3 Å². The highest BCUT2D eigenvalue weighted by molar-refractivity contribution is 6.30. The predicted molar refractivity (Wildman–Crippen MR) is 55.9 cm³/mol. The third kappa shape index (κ3) is 3.59. The van der Waals surface area contributed by atoms with Crippen molar-refractivity contribution in [1.29, 1.82) is 0 Å². The van der Waals surface area contributed by atoms with Crippen molar-refractivity contribution in [2.24, 2.45) is 0 Å². The van der Waals surface area contributed by atoms with Crippen LogP contribution in [0.1, 0.15) is 11.7 Å². The maximum absolute atomic E-state index is 12.8. The molecule has 1 fully saturated rings. The van der Waals surface area contributed by atoms with Crippen molar-refractivity contribution in [2.75, 3.05) is 13.2 Å². The van der Waals surface area contributed by atoms with Crippen LogP contribution >= 0.6 is 11.6 Å². The fraction of sp³-hybridized carbons (Fsp3) is 0.455. The van der Waals surface area contributed by atoms with E-state index in [2.05, 4.69) is 0 Å². The van der Waals surface area contributed by atoms with Crippen LogP contribution in [-0.2, 0) is 9.47 Å². The van der Waals surface area contributed by atoms with E-state index in [0.717, 1.165) is 0 Å². The lowest BCUT2D eigenvalue weighted by Gasteiger charge is -2.21. The summed E-state index contributed by atoms with van der Waals surface area (Å²) >= 11 is 5.67. The van der Waals surface area contributed by atoms with Gasteiger partial charge >= 0.3 is 6.18 Å². The number of benzene rings is 1. The molecular formula is C11H10ClF3O2. The van der Waals surface area contributed by atoms with Crippen LogP contribution in [0.15, 0.2) is 24.3 Å². The molecule has 6 heteroatoms. The number of hydrogen-bond acceptors (Lipinski definition) is 2.